The van der Waals surface area contributed by atoms with Gasteiger partial charge in [0.05, 0.1) is 0 Å². The second-order valence-electron chi connectivity index (χ2n) is 5.28. The zero-order valence-electron chi connectivity index (χ0n) is 12.3. The Morgan fingerprint density at radius 1 is 0.917 bits per heavy atom. The molecule has 0 amide bonds. The Labute approximate surface area is 140 Å². The van der Waals surface area contributed by atoms with Crippen molar-refractivity contribution in [3.8, 4) is 22.5 Å². The summed E-state index contributed by atoms with van der Waals surface area (Å²) in [4.78, 5) is 24.6. The number of H-pyrrole nitrogens is 1. The lowest BCUT2D eigenvalue weighted by Gasteiger charge is -2.03. The Balaban J connectivity index is 2.02. The summed E-state index contributed by atoms with van der Waals surface area (Å²) >= 11 is 5.89. The van der Waals surface area contributed by atoms with E-state index in [2.05, 4.69) is 5.10 Å². The molecule has 0 radical (unpaired) electrons. The summed E-state index contributed by atoms with van der Waals surface area (Å²) < 4.78 is 6.98. The largest absolute Gasteiger partial charge is 0.437 e. The van der Waals surface area contributed by atoms with Crippen LogP contribution in [0.25, 0.3) is 28.2 Å². The number of aromatic amines is 1. The van der Waals surface area contributed by atoms with E-state index >= 15 is 0 Å². The Kier molecular flexibility index (Phi) is 3.36. The molecule has 0 saturated heterocycles. The molecule has 0 saturated carbocycles. The van der Waals surface area contributed by atoms with Gasteiger partial charge in [0.25, 0.3) is 11.1 Å². The van der Waals surface area contributed by atoms with Crippen molar-refractivity contribution in [3.05, 3.63) is 86.4 Å². The first-order chi connectivity index (χ1) is 11.6. The summed E-state index contributed by atoms with van der Waals surface area (Å²) in [6.45, 7) is 0. The minimum Gasteiger partial charge on any atom is -0.437 e. The maximum Gasteiger partial charge on any atom is 0.276 e. The van der Waals surface area contributed by atoms with E-state index in [1.54, 1.807) is 36.4 Å². The summed E-state index contributed by atoms with van der Waals surface area (Å²) in [6.07, 6.45) is 0. The van der Waals surface area contributed by atoms with Crippen LogP contribution in [0.1, 0.15) is 0 Å². The number of halogens is 1. The topological polar surface area (TPSA) is 67.5 Å². The fraction of sp³-hybridized carbons (Fsp3) is 0. The number of fused-ring (bicyclic) bond motifs is 1. The lowest BCUT2D eigenvalue weighted by molar-refractivity contribution is 0.578. The fourth-order valence-electron chi connectivity index (χ4n) is 2.60. The Morgan fingerprint density at radius 3 is 2.33 bits per heavy atom. The summed E-state index contributed by atoms with van der Waals surface area (Å²) in [5.74, 6) is 0.368. The van der Waals surface area contributed by atoms with E-state index in [0.29, 0.717) is 27.5 Å². The van der Waals surface area contributed by atoms with Crippen LogP contribution >= 0.6 is 11.6 Å². The lowest BCUT2D eigenvalue weighted by Crippen LogP contribution is -2.14. The summed E-state index contributed by atoms with van der Waals surface area (Å²) in [5.41, 5.74) is 1.13. The molecule has 0 bridgehead atoms. The van der Waals surface area contributed by atoms with Gasteiger partial charge in [-0.05, 0) is 29.8 Å². The number of benzene rings is 2. The maximum absolute atomic E-state index is 12.3. The van der Waals surface area contributed by atoms with E-state index < -0.39 is 0 Å². The van der Waals surface area contributed by atoms with E-state index in [-0.39, 0.29) is 16.8 Å². The number of nitrogens with zero attached hydrogens (tertiary/aromatic N) is 1. The van der Waals surface area contributed by atoms with Gasteiger partial charge in [-0.2, -0.15) is 4.52 Å². The van der Waals surface area contributed by atoms with E-state index in [1.165, 1.54) is 6.07 Å². The zero-order valence-corrected chi connectivity index (χ0v) is 13.1. The van der Waals surface area contributed by atoms with Gasteiger partial charge in [-0.25, -0.2) is 0 Å². The Hall–Kier alpha value is -3.05. The van der Waals surface area contributed by atoms with Gasteiger partial charge in [0, 0.05) is 16.7 Å². The molecule has 2 aromatic heterocycles. The molecule has 4 aromatic rings. The van der Waals surface area contributed by atoms with Gasteiger partial charge in [0.1, 0.15) is 11.3 Å². The van der Waals surface area contributed by atoms with Crippen LogP contribution in [0.2, 0.25) is 5.02 Å². The lowest BCUT2D eigenvalue weighted by atomic mass is 10.1. The van der Waals surface area contributed by atoms with Crippen LogP contribution in [0.4, 0.5) is 0 Å². The molecule has 0 spiro atoms. The molecular weight excluding hydrogens is 328 g/mol. The van der Waals surface area contributed by atoms with Crippen LogP contribution in [-0.4, -0.2) is 9.61 Å². The van der Waals surface area contributed by atoms with Gasteiger partial charge >= 0.3 is 0 Å². The quantitative estimate of drug-likeness (QED) is 0.607. The molecule has 5 nitrogen and oxygen atoms in total. The first-order valence-electron chi connectivity index (χ1n) is 7.24. The SMILES string of the molecule is O=c1[nH]n2c(=O)cc(-c3ccc(Cl)cc3)oc2c1-c1ccccc1. The molecule has 0 aliphatic heterocycles. The summed E-state index contributed by atoms with van der Waals surface area (Å²) in [5, 5.41) is 3.10. The number of rotatable bonds is 2. The van der Waals surface area contributed by atoms with Crippen LogP contribution in [0, 0.1) is 0 Å². The summed E-state index contributed by atoms with van der Waals surface area (Å²) in [6, 6.07) is 17.3. The van der Waals surface area contributed by atoms with Crippen LogP contribution in [-0.2, 0) is 0 Å². The minimum atomic E-state index is -0.379. The second kappa shape index (κ2) is 5.54. The van der Waals surface area contributed by atoms with Gasteiger partial charge in [-0.15, -0.1) is 0 Å². The molecule has 4 rings (SSSR count). The van der Waals surface area contributed by atoms with Crippen LogP contribution in [0.15, 0.2) is 74.7 Å². The normalized spacial score (nSPS) is 11.0. The van der Waals surface area contributed by atoms with Crippen molar-refractivity contribution in [1.29, 1.82) is 0 Å². The number of nitrogens with one attached hydrogen (secondary N) is 1. The maximum atomic E-state index is 12.3. The Morgan fingerprint density at radius 2 is 1.62 bits per heavy atom. The smallest absolute Gasteiger partial charge is 0.276 e. The van der Waals surface area contributed by atoms with Gasteiger partial charge in [-0.3, -0.25) is 14.7 Å². The third-order valence-corrected chi connectivity index (χ3v) is 3.98. The highest BCUT2D eigenvalue weighted by molar-refractivity contribution is 6.30. The molecule has 118 valence electrons. The van der Waals surface area contributed by atoms with Crippen molar-refractivity contribution >= 4 is 17.3 Å². The van der Waals surface area contributed by atoms with Crippen LogP contribution in [0.3, 0.4) is 0 Å². The van der Waals surface area contributed by atoms with Gasteiger partial charge in [-0.1, -0.05) is 41.9 Å². The van der Waals surface area contributed by atoms with Crippen molar-refractivity contribution in [2.75, 3.05) is 0 Å². The van der Waals surface area contributed by atoms with Crippen molar-refractivity contribution < 1.29 is 4.42 Å². The summed E-state index contributed by atoms with van der Waals surface area (Å²) in [7, 11) is 0. The predicted octanol–water partition coefficient (Wildman–Crippen LogP) is 3.57. The highest BCUT2D eigenvalue weighted by Crippen LogP contribution is 2.25. The average Bonchev–Trinajstić information content (AvgIpc) is 2.93. The molecule has 0 atom stereocenters. The number of hydrogen-bond acceptors (Lipinski definition) is 3. The van der Waals surface area contributed by atoms with Crippen molar-refractivity contribution in [1.82, 2.24) is 9.61 Å². The highest BCUT2D eigenvalue weighted by atomic mass is 35.5. The molecule has 0 aliphatic rings. The molecule has 0 unspecified atom stereocenters. The van der Waals surface area contributed by atoms with E-state index in [4.69, 9.17) is 16.0 Å². The molecule has 2 heterocycles. The third kappa shape index (κ3) is 2.35. The third-order valence-electron chi connectivity index (χ3n) is 3.73. The molecular formula is C18H11ClN2O3. The highest BCUT2D eigenvalue weighted by Gasteiger charge is 2.17. The first-order valence-corrected chi connectivity index (χ1v) is 7.61. The zero-order chi connectivity index (χ0) is 16.7. The van der Waals surface area contributed by atoms with Crippen LogP contribution < -0.4 is 11.1 Å². The van der Waals surface area contributed by atoms with Gasteiger partial charge in [0.15, 0.2) is 0 Å². The standard InChI is InChI=1S/C18H11ClN2O3/c19-13-8-6-11(7-9-13)14-10-15(22)21-18(24-14)16(17(23)20-21)12-4-2-1-3-5-12/h1-10H,(H,20,23). The van der Waals surface area contributed by atoms with Crippen molar-refractivity contribution in [2.24, 2.45) is 0 Å². The second-order valence-corrected chi connectivity index (χ2v) is 5.71. The number of aromatic nitrogens is 2. The molecule has 0 fully saturated rings. The number of hydrogen-bond donors (Lipinski definition) is 1. The fourth-order valence-corrected chi connectivity index (χ4v) is 2.72. The molecule has 0 aliphatic carbocycles. The van der Waals surface area contributed by atoms with E-state index in [9.17, 15) is 9.59 Å². The molecule has 24 heavy (non-hydrogen) atoms. The van der Waals surface area contributed by atoms with E-state index in [0.717, 1.165) is 4.52 Å². The van der Waals surface area contributed by atoms with Crippen LogP contribution in [0.5, 0.6) is 0 Å². The monoisotopic (exact) mass is 338 g/mol. The van der Waals surface area contributed by atoms with Gasteiger partial charge in [0.2, 0.25) is 5.71 Å². The van der Waals surface area contributed by atoms with E-state index in [1.807, 2.05) is 18.2 Å². The molecule has 2 aromatic carbocycles. The predicted molar refractivity (Wildman–Crippen MR) is 92.4 cm³/mol. The van der Waals surface area contributed by atoms with Crippen molar-refractivity contribution in [2.45, 2.75) is 0 Å². The van der Waals surface area contributed by atoms with Crippen molar-refractivity contribution in [3.63, 3.8) is 0 Å². The minimum absolute atomic E-state index is 0.184. The van der Waals surface area contributed by atoms with Gasteiger partial charge < -0.3 is 4.42 Å². The first kappa shape index (κ1) is 14.5. The Bertz CT molecular complexity index is 1140. The molecule has 1 N–H and O–H groups in total. The molecule has 6 heteroatoms. The average molecular weight is 339 g/mol.